The van der Waals surface area contributed by atoms with Crippen molar-refractivity contribution in [1.29, 1.82) is 0 Å². The molecule has 0 spiro atoms. The zero-order valence-electron chi connectivity index (χ0n) is 9.51. The zero-order chi connectivity index (χ0) is 12.9. The fourth-order valence-electron chi connectivity index (χ4n) is 1.40. The van der Waals surface area contributed by atoms with Crippen LogP contribution in [0.1, 0.15) is 19.3 Å². The van der Waals surface area contributed by atoms with Gasteiger partial charge in [-0.2, -0.15) is 13.2 Å². The number of halogens is 3. The second-order valence-corrected chi connectivity index (χ2v) is 5.12. The molecule has 1 aliphatic rings. The molecule has 0 saturated heterocycles. The highest BCUT2D eigenvalue weighted by molar-refractivity contribution is 7.99. The highest BCUT2D eigenvalue weighted by atomic mass is 32.2. The largest absolute Gasteiger partial charge is 0.469 e. The number of alkyl halides is 3. The number of hydrogen-bond donors (Lipinski definition) is 0. The Hall–Kier alpha value is -0.430. The van der Waals surface area contributed by atoms with Gasteiger partial charge < -0.3 is 9.47 Å². The van der Waals surface area contributed by atoms with Crippen LogP contribution >= 0.6 is 11.8 Å². The van der Waals surface area contributed by atoms with Crippen LogP contribution in [0, 0.1) is 5.41 Å². The fourth-order valence-corrected chi connectivity index (χ4v) is 2.51. The molecule has 7 heteroatoms. The molecule has 0 amide bonds. The number of carbonyl (C=O) groups excluding carboxylic acids is 1. The molecule has 1 saturated carbocycles. The van der Waals surface area contributed by atoms with Crippen molar-refractivity contribution in [1.82, 2.24) is 0 Å². The molecular formula is C10H15F3O3S. The number of rotatable bonds is 7. The summed E-state index contributed by atoms with van der Waals surface area (Å²) in [5.74, 6) is 0.377. The summed E-state index contributed by atoms with van der Waals surface area (Å²) in [6.07, 6.45) is -2.08. The molecule has 1 aliphatic carbocycles. The van der Waals surface area contributed by atoms with Crippen LogP contribution < -0.4 is 0 Å². The number of hydrogen-bond acceptors (Lipinski definition) is 4. The summed E-state index contributed by atoms with van der Waals surface area (Å²) in [6, 6.07) is 0. The van der Waals surface area contributed by atoms with Crippen molar-refractivity contribution in [3.05, 3.63) is 0 Å². The third-order valence-electron chi connectivity index (χ3n) is 2.54. The van der Waals surface area contributed by atoms with Crippen LogP contribution in [-0.2, 0) is 14.3 Å². The van der Waals surface area contributed by atoms with Gasteiger partial charge in [-0.3, -0.25) is 4.79 Å². The number of methoxy groups -OCH3 is 1. The first-order valence-electron chi connectivity index (χ1n) is 5.16. The van der Waals surface area contributed by atoms with Gasteiger partial charge in [0.15, 0.2) is 0 Å². The maximum absolute atomic E-state index is 11.8. The predicted molar refractivity (Wildman–Crippen MR) is 57.6 cm³/mol. The van der Waals surface area contributed by atoms with Crippen LogP contribution in [0.25, 0.3) is 0 Å². The Labute approximate surface area is 102 Å². The van der Waals surface area contributed by atoms with E-state index in [4.69, 9.17) is 0 Å². The lowest BCUT2D eigenvalue weighted by Gasteiger charge is -2.13. The molecule has 3 nitrogen and oxygen atoms in total. The van der Waals surface area contributed by atoms with Gasteiger partial charge in [0, 0.05) is 5.75 Å². The van der Waals surface area contributed by atoms with E-state index in [1.165, 1.54) is 18.9 Å². The van der Waals surface area contributed by atoms with Crippen molar-refractivity contribution in [2.45, 2.75) is 25.4 Å². The molecule has 17 heavy (non-hydrogen) atoms. The second-order valence-electron chi connectivity index (χ2n) is 4.18. The van der Waals surface area contributed by atoms with Gasteiger partial charge in [0.25, 0.3) is 0 Å². The molecule has 0 aliphatic heterocycles. The van der Waals surface area contributed by atoms with Crippen LogP contribution in [-0.4, -0.2) is 37.6 Å². The Morgan fingerprint density at radius 3 is 2.53 bits per heavy atom. The Balaban J connectivity index is 2.08. The van der Waals surface area contributed by atoms with Gasteiger partial charge in [-0.25, -0.2) is 0 Å². The monoisotopic (exact) mass is 272 g/mol. The van der Waals surface area contributed by atoms with E-state index >= 15 is 0 Å². The molecule has 0 N–H and O–H groups in total. The molecule has 1 fully saturated rings. The van der Waals surface area contributed by atoms with Gasteiger partial charge >= 0.3 is 12.1 Å². The van der Waals surface area contributed by atoms with Crippen LogP contribution in [0.4, 0.5) is 13.2 Å². The Bertz CT molecular complexity index is 264. The standard InChI is InChI=1S/C10H15F3O3S/c1-15-8(14)4-9(2-3-9)6-17-7-16-5-10(11,12)13/h2-7H2,1H3. The van der Waals surface area contributed by atoms with Crippen molar-refractivity contribution in [2.24, 2.45) is 5.41 Å². The van der Waals surface area contributed by atoms with Crippen molar-refractivity contribution in [3.8, 4) is 0 Å². The molecule has 0 bridgehead atoms. The minimum atomic E-state index is -4.27. The zero-order valence-corrected chi connectivity index (χ0v) is 10.3. The lowest BCUT2D eigenvalue weighted by molar-refractivity contribution is -0.168. The van der Waals surface area contributed by atoms with Gasteiger partial charge in [0.1, 0.15) is 6.61 Å². The van der Waals surface area contributed by atoms with Crippen molar-refractivity contribution in [3.63, 3.8) is 0 Å². The Kier molecular flexibility index (Phi) is 5.12. The minimum Gasteiger partial charge on any atom is -0.469 e. The number of thioether (sulfide) groups is 1. The summed E-state index contributed by atoms with van der Waals surface area (Å²) in [5.41, 5.74) is -0.0701. The van der Waals surface area contributed by atoms with E-state index in [2.05, 4.69) is 9.47 Å². The van der Waals surface area contributed by atoms with Gasteiger partial charge in [0.05, 0.1) is 19.5 Å². The first-order valence-corrected chi connectivity index (χ1v) is 6.31. The molecule has 0 unspecified atom stereocenters. The Morgan fingerprint density at radius 1 is 1.41 bits per heavy atom. The maximum atomic E-state index is 11.8. The van der Waals surface area contributed by atoms with E-state index < -0.39 is 12.8 Å². The lowest BCUT2D eigenvalue weighted by Crippen LogP contribution is -2.17. The van der Waals surface area contributed by atoms with Gasteiger partial charge in [0.2, 0.25) is 0 Å². The summed E-state index contributed by atoms with van der Waals surface area (Å²) in [6.45, 7) is -1.22. The molecule has 0 aromatic heterocycles. The van der Waals surface area contributed by atoms with Crippen molar-refractivity contribution in [2.75, 3.05) is 25.4 Å². The Morgan fingerprint density at radius 2 is 2.06 bits per heavy atom. The molecular weight excluding hydrogens is 257 g/mol. The fraction of sp³-hybridized carbons (Fsp3) is 0.900. The summed E-state index contributed by atoms with van der Waals surface area (Å²) >= 11 is 1.29. The highest BCUT2D eigenvalue weighted by Gasteiger charge is 2.44. The van der Waals surface area contributed by atoms with E-state index in [-0.39, 0.29) is 17.3 Å². The summed E-state index contributed by atoms with van der Waals surface area (Å²) in [7, 11) is 1.33. The topological polar surface area (TPSA) is 35.5 Å². The van der Waals surface area contributed by atoms with Gasteiger partial charge in [-0.05, 0) is 18.3 Å². The molecule has 0 radical (unpaired) electrons. The average molecular weight is 272 g/mol. The third kappa shape index (κ3) is 6.16. The molecule has 1 rings (SSSR count). The normalized spacial score (nSPS) is 17.9. The van der Waals surface area contributed by atoms with E-state index in [0.29, 0.717) is 12.2 Å². The van der Waals surface area contributed by atoms with Crippen LogP contribution in [0.3, 0.4) is 0 Å². The number of ether oxygens (including phenoxy) is 2. The summed E-state index contributed by atoms with van der Waals surface area (Å²) in [5, 5.41) is 0. The third-order valence-corrected chi connectivity index (χ3v) is 3.69. The highest BCUT2D eigenvalue weighted by Crippen LogP contribution is 2.51. The van der Waals surface area contributed by atoms with Crippen LogP contribution in [0.15, 0.2) is 0 Å². The van der Waals surface area contributed by atoms with E-state index in [9.17, 15) is 18.0 Å². The molecule has 0 atom stereocenters. The first-order chi connectivity index (χ1) is 7.87. The predicted octanol–water partition coefficient (Wildman–Crippen LogP) is 2.60. The maximum Gasteiger partial charge on any atom is 0.411 e. The van der Waals surface area contributed by atoms with E-state index in [1.807, 2.05) is 0 Å². The SMILES string of the molecule is COC(=O)CC1(CSCOCC(F)(F)F)CC1. The molecule has 0 heterocycles. The van der Waals surface area contributed by atoms with E-state index in [0.717, 1.165) is 12.8 Å². The van der Waals surface area contributed by atoms with Crippen molar-refractivity contribution >= 4 is 17.7 Å². The van der Waals surface area contributed by atoms with Crippen LogP contribution in [0.2, 0.25) is 0 Å². The first kappa shape index (κ1) is 14.6. The van der Waals surface area contributed by atoms with Crippen LogP contribution in [0.5, 0.6) is 0 Å². The quantitative estimate of drug-likeness (QED) is 0.405. The second kappa shape index (κ2) is 5.95. The number of esters is 1. The molecule has 0 aromatic rings. The average Bonchev–Trinajstić information content (AvgIpc) is 2.96. The summed E-state index contributed by atoms with van der Waals surface area (Å²) < 4.78 is 44.3. The van der Waals surface area contributed by atoms with Gasteiger partial charge in [-0.15, -0.1) is 11.8 Å². The number of carbonyl (C=O) groups is 1. The smallest absolute Gasteiger partial charge is 0.411 e. The van der Waals surface area contributed by atoms with E-state index in [1.54, 1.807) is 0 Å². The molecule has 0 aromatic carbocycles. The van der Waals surface area contributed by atoms with Crippen molar-refractivity contribution < 1.29 is 27.4 Å². The lowest BCUT2D eigenvalue weighted by atomic mass is 10.1. The summed E-state index contributed by atoms with van der Waals surface area (Å²) in [4.78, 5) is 11.1. The van der Waals surface area contributed by atoms with Gasteiger partial charge in [-0.1, -0.05) is 0 Å². The minimum absolute atomic E-state index is 0.00241. The molecule has 100 valence electrons.